The van der Waals surface area contributed by atoms with Crippen LogP contribution in [0, 0.1) is 6.92 Å². The van der Waals surface area contributed by atoms with Gasteiger partial charge in [-0.25, -0.2) is 9.78 Å². The van der Waals surface area contributed by atoms with Crippen molar-refractivity contribution in [3.8, 4) is 28.5 Å². The zero-order chi connectivity index (χ0) is 29.0. The highest BCUT2D eigenvalue weighted by Crippen LogP contribution is 2.33. The van der Waals surface area contributed by atoms with Gasteiger partial charge in [-0.05, 0) is 54.4 Å². The summed E-state index contributed by atoms with van der Waals surface area (Å²) in [4.78, 5) is 15.9. The van der Waals surface area contributed by atoms with E-state index in [2.05, 4.69) is 10.3 Å². The molecule has 0 aliphatic heterocycles. The SMILES string of the molecule is Cc1cc(-c2cnc3c(NCCC(F)(F)F)cc(Oc4ccc(OCc5ccccc5)cc4)cn23)ccc1C(=O)O. The molecule has 5 aromatic rings. The van der Waals surface area contributed by atoms with E-state index in [4.69, 9.17) is 9.47 Å². The van der Waals surface area contributed by atoms with Gasteiger partial charge in [-0.3, -0.25) is 4.40 Å². The van der Waals surface area contributed by atoms with Crippen molar-refractivity contribution in [2.45, 2.75) is 26.1 Å². The third-order valence-corrected chi connectivity index (χ3v) is 6.36. The Bertz CT molecular complexity index is 1670. The van der Waals surface area contributed by atoms with E-state index in [0.29, 0.717) is 52.0 Å². The van der Waals surface area contributed by atoms with Crippen LogP contribution in [0.1, 0.15) is 27.9 Å². The molecule has 0 atom stereocenters. The third kappa shape index (κ3) is 6.78. The minimum Gasteiger partial charge on any atom is -0.489 e. The van der Waals surface area contributed by atoms with Crippen LogP contribution in [-0.4, -0.2) is 33.2 Å². The number of hydrogen-bond acceptors (Lipinski definition) is 5. The van der Waals surface area contributed by atoms with Gasteiger partial charge in [0.05, 0.1) is 35.8 Å². The fraction of sp³-hybridized carbons (Fsp3) is 0.161. The molecule has 7 nitrogen and oxygen atoms in total. The van der Waals surface area contributed by atoms with E-state index in [1.54, 1.807) is 66.2 Å². The normalized spacial score (nSPS) is 11.4. The number of nitrogens with zero attached hydrogens (tertiary/aromatic N) is 2. The molecular weight excluding hydrogens is 535 g/mol. The van der Waals surface area contributed by atoms with Crippen LogP contribution in [0.25, 0.3) is 16.9 Å². The number of pyridine rings is 1. The molecule has 0 fully saturated rings. The van der Waals surface area contributed by atoms with E-state index in [1.165, 1.54) is 6.07 Å². The van der Waals surface area contributed by atoms with Crippen LogP contribution in [-0.2, 0) is 6.61 Å². The number of anilines is 1. The average Bonchev–Trinajstić information content (AvgIpc) is 3.36. The number of benzene rings is 3. The summed E-state index contributed by atoms with van der Waals surface area (Å²) in [6.07, 6.45) is -2.06. The highest BCUT2D eigenvalue weighted by atomic mass is 19.4. The van der Waals surface area contributed by atoms with Gasteiger partial charge < -0.3 is 19.9 Å². The summed E-state index contributed by atoms with van der Waals surface area (Å²) < 4.78 is 52.1. The number of nitrogens with one attached hydrogen (secondary N) is 1. The Hall–Kier alpha value is -4.99. The maximum absolute atomic E-state index is 12.8. The topological polar surface area (TPSA) is 85.1 Å². The number of aryl methyl sites for hydroxylation is 1. The Labute approximate surface area is 233 Å². The quantitative estimate of drug-likeness (QED) is 0.181. The van der Waals surface area contributed by atoms with Gasteiger partial charge in [-0.1, -0.05) is 36.4 Å². The second-order valence-corrected chi connectivity index (χ2v) is 9.40. The molecule has 5 rings (SSSR count). The summed E-state index contributed by atoms with van der Waals surface area (Å²) in [6, 6.07) is 23.3. The van der Waals surface area contributed by atoms with Gasteiger partial charge in [0.1, 0.15) is 23.9 Å². The van der Waals surface area contributed by atoms with Crippen molar-refractivity contribution in [3.05, 3.63) is 108 Å². The van der Waals surface area contributed by atoms with E-state index in [0.717, 1.165) is 5.56 Å². The second kappa shape index (κ2) is 11.6. The first-order chi connectivity index (χ1) is 19.7. The van der Waals surface area contributed by atoms with Crippen LogP contribution >= 0.6 is 0 Å². The van der Waals surface area contributed by atoms with E-state index < -0.39 is 18.6 Å². The first-order valence-electron chi connectivity index (χ1n) is 12.8. The molecule has 0 spiro atoms. The van der Waals surface area contributed by atoms with Crippen molar-refractivity contribution < 1.29 is 32.5 Å². The summed E-state index contributed by atoms with van der Waals surface area (Å²) in [5, 5.41) is 12.2. The fourth-order valence-electron chi connectivity index (χ4n) is 4.34. The van der Waals surface area contributed by atoms with E-state index in [-0.39, 0.29) is 12.1 Å². The molecule has 0 radical (unpaired) electrons. The molecule has 0 bridgehead atoms. The number of carboxylic acids is 1. The molecule has 2 N–H and O–H groups in total. The fourth-order valence-corrected chi connectivity index (χ4v) is 4.34. The van der Waals surface area contributed by atoms with Gasteiger partial charge in [-0.2, -0.15) is 13.2 Å². The number of aromatic carboxylic acids is 1. The Morgan fingerprint density at radius 3 is 2.39 bits per heavy atom. The lowest BCUT2D eigenvalue weighted by Gasteiger charge is -2.14. The highest BCUT2D eigenvalue weighted by molar-refractivity contribution is 5.90. The predicted molar refractivity (Wildman–Crippen MR) is 149 cm³/mol. The molecule has 41 heavy (non-hydrogen) atoms. The van der Waals surface area contributed by atoms with E-state index in [9.17, 15) is 23.1 Å². The second-order valence-electron chi connectivity index (χ2n) is 9.40. The lowest BCUT2D eigenvalue weighted by molar-refractivity contribution is -0.131. The van der Waals surface area contributed by atoms with Gasteiger partial charge in [0, 0.05) is 18.2 Å². The van der Waals surface area contributed by atoms with E-state index in [1.807, 2.05) is 30.3 Å². The lowest BCUT2D eigenvalue weighted by atomic mass is 10.0. The maximum Gasteiger partial charge on any atom is 0.390 e. The number of aromatic nitrogens is 2. The molecule has 10 heteroatoms. The van der Waals surface area contributed by atoms with Gasteiger partial charge in [-0.15, -0.1) is 0 Å². The molecule has 2 heterocycles. The number of rotatable bonds is 10. The number of ether oxygens (including phenoxy) is 2. The summed E-state index contributed by atoms with van der Waals surface area (Å²) in [5.74, 6) is 0.489. The van der Waals surface area contributed by atoms with Crippen molar-refractivity contribution in [1.82, 2.24) is 9.38 Å². The monoisotopic (exact) mass is 561 g/mol. The molecule has 210 valence electrons. The molecule has 2 aromatic heterocycles. The minimum atomic E-state index is -4.31. The number of carbonyl (C=O) groups is 1. The molecule has 0 aliphatic carbocycles. The van der Waals surface area contributed by atoms with E-state index >= 15 is 0 Å². The average molecular weight is 562 g/mol. The Morgan fingerprint density at radius 2 is 1.71 bits per heavy atom. The molecule has 0 aliphatic rings. The lowest BCUT2D eigenvalue weighted by Crippen LogP contribution is -2.15. The largest absolute Gasteiger partial charge is 0.489 e. The number of fused-ring (bicyclic) bond motifs is 1. The van der Waals surface area contributed by atoms with Crippen LogP contribution in [0.4, 0.5) is 18.9 Å². The summed E-state index contributed by atoms with van der Waals surface area (Å²) in [5.41, 5.74) is 3.86. The van der Waals surface area contributed by atoms with Crippen molar-refractivity contribution in [2.75, 3.05) is 11.9 Å². The van der Waals surface area contributed by atoms with Crippen molar-refractivity contribution in [1.29, 1.82) is 0 Å². The molecule has 3 aromatic carbocycles. The van der Waals surface area contributed by atoms with Crippen molar-refractivity contribution in [3.63, 3.8) is 0 Å². The number of hydrogen-bond donors (Lipinski definition) is 2. The summed E-state index contributed by atoms with van der Waals surface area (Å²) >= 11 is 0. The van der Waals surface area contributed by atoms with Crippen LogP contribution in [0.15, 0.2) is 91.3 Å². The van der Waals surface area contributed by atoms with Crippen LogP contribution in [0.5, 0.6) is 17.2 Å². The molecular formula is C31H26F3N3O4. The summed E-state index contributed by atoms with van der Waals surface area (Å²) in [6.45, 7) is 1.77. The smallest absolute Gasteiger partial charge is 0.390 e. The molecule has 0 unspecified atom stereocenters. The first-order valence-corrected chi connectivity index (χ1v) is 12.8. The minimum absolute atomic E-state index is 0.178. The Morgan fingerprint density at radius 1 is 0.976 bits per heavy atom. The zero-order valence-corrected chi connectivity index (χ0v) is 22.0. The Balaban J connectivity index is 1.43. The Kier molecular flexibility index (Phi) is 7.82. The maximum atomic E-state index is 12.8. The summed E-state index contributed by atoms with van der Waals surface area (Å²) in [7, 11) is 0. The number of carboxylic acid groups (broad SMARTS) is 1. The zero-order valence-electron chi connectivity index (χ0n) is 22.0. The standard InChI is InChI=1S/C31H26F3N3O4/c1-20-15-22(7-12-26(20)30(38)39)28-17-36-29-27(35-14-13-31(32,33)34)16-25(18-37(28)29)41-24-10-8-23(9-11-24)40-19-21-5-3-2-4-6-21/h2-12,15-18,35H,13-14,19H2,1H3,(H,38,39). The van der Waals surface area contributed by atoms with Crippen LogP contribution in [0.3, 0.4) is 0 Å². The van der Waals surface area contributed by atoms with Crippen molar-refractivity contribution >= 4 is 17.3 Å². The highest BCUT2D eigenvalue weighted by Gasteiger charge is 2.26. The van der Waals surface area contributed by atoms with Gasteiger partial charge in [0.15, 0.2) is 5.65 Å². The number of halogens is 3. The van der Waals surface area contributed by atoms with Crippen molar-refractivity contribution in [2.24, 2.45) is 0 Å². The van der Waals surface area contributed by atoms with Gasteiger partial charge in [0.2, 0.25) is 0 Å². The molecule has 0 amide bonds. The van der Waals surface area contributed by atoms with Crippen LogP contribution in [0.2, 0.25) is 0 Å². The molecule has 0 saturated heterocycles. The predicted octanol–water partition coefficient (Wildman–Crippen LogP) is 7.74. The third-order valence-electron chi connectivity index (χ3n) is 6.36. The number of alkyl halides is 3. The number of imidazole rings is 1. The van der Waals surface area contributed by atoms with Crippen LogP contribution < -0.4 is 14.8 Å². The first kappa shape index (κ1) is 27.6. The van der Waals surface area contributed by atoms with Gasteiger partial charge >= 0.3 is 12.1 Å². The van der Waals surface area contributed by atoms with Gasteiger partial charge in [0.25, 0.3) is 0 Å². The molecule has 0 saturated carbocycles.